The van der Waals surface area contributed by atoms with Gasteiger partial charge in [0.25, 0.3) is 0 Å². The molecule has 1 aromatic carbocycles. The summed E-state index contributed by atoms with van der Waals surface area (Å²) in [5, 5.41) is 3.42. The molecule has 1 aliphatic heterocycles. The van der Waals surface area contributed by atoms with Crippen LogP contribution < -0.4 is 10.1 Å². The third-order valence-corrected chi connectivity index (χ3v) is 4.13. The average molecular weight is 262 g/mol. The lowest BCUT2D eigenvalue weighted by Crippen LogP contribution is -2.53. The zero-order chi connectivity index (χ0) is 13.7. The molecule has 2 rings (SSSR count). The Kier molecular flexibility index (Phi) is 4.83. The average Bonchev–Trinajstić information content (AvgIpc) is 2.46. The van der Waals surface area contributed by atoms with Crippen molar-refractivity contribution in [3.63, 3.8) is 0 Å². The fourth-order valence-electron chi connectivity index (χ4n) is 2.71. The number of aryl methyl sites for hydroxylation is 1. The molecule has 0 radical (unpaired) electrons. The molecule has 3 heteroatoms. The van der Waals surface area contributed by atoms with E-state index in [9.17, 15) is 0 Å². The Morgan fingerprint density at radius 2 is 2.00 bits per heavy atom. The number of hydrogen-bond donors (Lipinski definition) is 1. The largest absolute Gasteiger partial charge is 0.497 e. The zero-order valence-electron chi connectivity index (χ0n) is 12.4. The van der Waals surface area contributed by atoms with Crippen LogP contribution in [0.4, 0.5) is 0 Å². The molecule has 0 bridgehead atoms. The maximum Gasteiger partial charge on any atom is 0.119 e. The minimum absolute atomic E-state index is 0.269. The number of rotatable bonds is 5. The van der Waals surface area contributed by atoms with Crippen LogP contribution in [0.5, 0.6) is 5.75 Å². The summed E-state index contributed by atoms with van der Waals surface area (Å²) in [6.07, 6.45) is 2.29. The van der Waals surface area contributed by atoms with Crippen molar-refractivity contribution in [2.75, 3.05) is 33.3 Å². The van der Waals surface area contributed by atoms with E-state index < -0.39 is 0 Å². The van der Waals surface area contributed by atoms with Crippen LogP contribution in [0, 0.1) is 0 Å². The van der Waals surface area contributed by atoms with E-state index in [1.165, 1.54) is 12.0 Å². The minimum Gasteiger partial charge on any atom is -0.497 e. The summed E-state index contributed by atoms with van der Waals surface area (Å²) in [7, 11) is 1.73. The van der Waals surface area contributed by atoms with Crippen LogP contribution in [0.25, 0.3) is 0 Å². The molecule has 0 aliphatic carbocycles. The van der Waals surface area contributed by atoms with Gasteiger partial charge in [0.2, 0.25) is 0 Å². The monoisotopic (exact) mass is 262 g/mol. The first-order valence-corrected chi connectivity index (χ1v) is 7.20. The number of hydrogen-bond acceptors (Lipinski definition) is 3. The van der Waals surface area contributed by atoms with Crippen molar-refractivity contribution < 1.29 is 4.74 Å². The second kappa shape index (κ2) is 6.40. The molecular weight excluding hydrogens is 236 g/mol. The first-order chi connectivity index (χ1) is 9.12. The van der Waals surface area contributed by atoms with Crippen molar-refractivity contribution >= 4 is 0 Å². The Hall–Kier alpha value is -1.06. The molecule has 0 amide bonds. The van der Waals surface area contributed by atoms with E-state index in [0.29, 0.717) is 0 Å². The Bertz CT molecular complexity index is 397. The molecule has 0 atom stereocenters. The molecule has 0 unspecified atom stereocenters. The van der Waals surface area contributed by atoms with E-state index in [0.717, 1.165) is 38.3 Å². The van der Waals surface area contributed by atoms with Crippen LogP contribution in [0.1, 0.15) is 25.8 Å². The summed E-state index contributed by atoms with van der Waals surface area (Å²) in [6.45, 7) is 9.26. The van der Waals surface area contributed by atoms with Gasteiger partial charge in [-0.15, -0.1) is 0 Å². The summed E-state index contributed by atoms with van der Waals surface area (Å²) in [6, 6.07) is 8.42. The summed E-state index contributed by atoms with van der Waals surface area (Å²) in [4.78, 5) is 2.60. The van der Waals surface area contributed by atoms with Gasteiger partial charge >= 0.3 is 0 Å². The van der Waals surface area contributed by atoms with Gasteiger partial charge < -0.3 is 10.1 Å². The molecular formula is C16H26N2O. The van der Waals surface area contributed by atoms with E-state index in [-0.39, 0.29) is 5.54 Å². The van der Waals surface area contributed by atoms with E-state index in [1.807, 2.05) is 6.07 Å². The van der Waals surface area contributed by atoms with E-state index in [2.05, 4.69) is 42.3 Å². The topological polar surface area (TPSA) is 24.5 Å². The Balaban J connectivity index is 1.92. The molecule has 1 aromatic rings. The van der Waals surface area contributed by atoms with Crippen LogP contribution in [-0.2, 0) is 6.42 Å². The Morgan fingerprint density at radius 3 is 2.68 bits per heavy atom. The van der Waals surface area contributed by atoms with Gasteiger partial charge in [0.15, 0.2) is 0 Å². The van der Waals surface area contributed by atoms with Crippen LogP contribution in [0.2, 0.25) is 0 Å². The molecule has 0 spiro atoms. The van der Waals surface area contributed by atoms with E-state index in [4.69, 9.17) is 4.74 Å². The first-order valence-electron chi connectivity index (χ1n) is 7.20. The van der Waals surface area contributed by atoms with Gasteiger partial charge in [0.1, 0.15) is 5.75 Å². The summed E-state index contributed by atoms with van der Waals surface area (Å²) >= 11 is 0. The molecule has 0 saturated carbocycles. The van der Waals surface area contributed by atoms with E-state index >= 15 is 0 Å². The molecule has 19 heavy (non-hydrogen) atoms. The second-order valence-electron chi connectivity index (χ2n) is 5.90. The highest BCUT2D eigenvalue weighted by molar-refractivity contribution is 5.28. The SMILES string of the molecule is COc1cccc(CCC(C)(C)N2CCNCC2)c1. The van der Waals surface area contributed by atoms with Crippen molar-refractivity contribution in [2.24, 2.45) is 0 Å². The minimum atomic E-state index is 0.269. The van der Waals surface area contributed by atoms with Crippen molar-refractivity contribution in [3.05, 3.63) is 29.8 Å². The van der Waals surface area contributed by atoms with Gasteiger partial charge in [0.05, 0.1) is 7.11 Å². The summed E-state index contributed by atoms with van der Waals surface area (Å²) < 4.78 is 5.28. The Morgan fingerprint density at radius 1 is 1.26 bits per heavy atom. The predicted molar refractivity (Wildman–Crippen MR) is 79.8 cm³/mol. The van der Waals surface area contributed by atoms with Crippen LogP contribution in [0.15, 0.2) is 24.3 Å². The van der Waals surface area contributed by atoms with Gasteiger partial charge in [-0.2, -0.15) is 0 Å². The van der Waals surface area contributed by atoms with Crippen molar-refractivity contribution in [1.29, 1.82) is 0 Å². The molecule has 1 N–H and O–H groups in total. The second-order valence-corrected chi connectivity index (χ2v) is 5.90. The Labute approximate surface area is 116 Å². The van der Waals surface area contributed by atoms with Gasteiger partial charge in [-0.3, -0.25) is 4.90 Å². The van der Waals surface area contributed by atoms with Crippen LogP contribution >= 0.6 is 0 Å². The smallest absolute Gasteiger partial charge is 0.119 e. The first kappa shape index (κ1) is 14.4. The predicted octanol–water partition coefficient (Wildman–Crippen LogP) is 2.31. The maximum atomic E-state index is 5.28. The number of benzene rings is 1. The highest BCUT2D eigenvalue weighted by atomic mass is 16.5. The lowest BCUT2D eigenvalue weighted by Gasteiger charge is -2.41. The fraction of sp³-hybridized carbons (Fsp3) is 0.625. The van der Waals surface area contributed by atoms with Crippen LogP contribution in [0.3, 0.4) is 0 Å². The number of ether oxygens (including phenoxy) is 1. The lowest BCUT2D eigenvalue weighted by atomic mass is 9.92. The van der Waals surface area contributed by atoms with Gasteiger partial charge in [-0.05, 0) is 44.4 Å². The molecule has 1 fully saturated rings. The molecule has 3 nitrogen and oxygen atoms in total. The molecule has 1 saturated heterocycles. The third kappa shape index (κ3) is 3.95. The number of nitrogens with one attached hydrogen (secondary N) is 1. The molecule has 1 heterocycles. The third-order valence-electron chi connectivity index (χ3n) is 4.13. The van der Waals surface area contributed by atoms with E-state index in [1.54, 1.807) is 7.11 Å². The zero-order valence-corrected chi connectivity index (χ0v) is 12.4. The quantitative estimate of drug-likeness (QED) is 0.881. The van der Waals surface area contributed by atoms with Crippen LogP contribution in [-0.4, -0.2) is 43.7 Å². The standard InChI is InChI=1S/C16H26N2O/c1-16(2,18-11-9-17-10-12-18)8-7-14-5-4-6-15(13-14)19-3/h4-6,13,17H,7-12H2,1-3H3. The van der Waals surface area contributed by atoms with Crippen molar-refractivity contribution in [3.8, 4) is 5.75 Å². The number of methoxy groups -OCH3 is 1. The molecule has 0 aromatic heterocycles. The maximum absolute atomic E-state index is 5.28. The number of nitrogens with zero attached hydrogens (tertiary/aromatic N) is 1. The highest BCUT2D eigenvalue weighted by Gasteiger charge is 2.27. The summed E-state index contributed by atoms with van der Waals surface area (Å²) in [5.74, 6) is 0.956. The highest BCUT2D eigenvalue weighted by Crippen LogP contribution is 2.23. The lowest BCUT2D eigenvalue weighted by molar-refractivity contribution is 0.0959. The number of piperazine rings is 1. The molecule has 106 valence electrons. The normalized spacial score (nSPS) is 17.4. The van der Waals surface area contributed by atoms with Crippen molar-refractivity contribution in [2.45, 2.75) is 32.2 Å². The summed E-state index contributed by atoms with van der Waals surface area (Å²) in [5.41, 5.74) is 1.63. The van der Waals surface area contributed by atoms with Gasteiger partial charge in [-0.25, -0.2) is 0 Å². The van der Waals surface area contributed by atoms with Crippen molar-refractivity contribution in [1.82, 2.24) is 10.2 Å². The fourth-order valence-corrected chi connectivity index (χ4v) is 2.71. The van der Waals surface area contributed by atoms with Gasteiger partial charge in [-0.1, -0.05) is 12.1 Å². The molecule has 1 aliphatic rings. The van der Waals surface area contributed by atoms with Gasteiger partial charge in [0, 0.05) is 31.7 Å².